The van der Waals surface area contributed by atoms with Crippen molar-refractivity contribution in [3.05, 3.63) is 35.9 Å². The minimum Gasteiger partial charge on any atom is -0.286 e. The Morgan fingerprint density at radius 3 is 2.92 bits per heavy atom. The van der Waals surface area contributed by atoms with Gasteiger partial charge in [0.2, 0.25) is 5.91 Å². The fourth-order valence-electron chi connectivity index (χ4n) is 1.28. The third kappa shape index (κ3) is 1.47. The Kier molecular flexibility index (Phi) is 2.10. The first-order chi connectivity index (χ1) is 6.29. The van der Waals surface area contributed by atoms with Crippen molar-refractivity contribution >= 4 is 23.4 Å². The van der Waals surface area contributed by atoms with Crippen LogP contribution in [0, 0.1) is 0 Å². The van der Waals surface area contributed by atoms with Crippen LogP contribution in [0.2, 0.25) is 0 Å². The number of amides is 1. The van der Waals surface area contributed by atoms with Crippen LogP contribution in [0.3, 0.4) is 0 Å². The molecule has 2 rings (SSSR count). The van der Waals surface area contributed by atoms with E-state index in [1.807, 2.05) is 29.7 Å². The second-order valence-electron chi connectivity index (χ2n) is 2.76. The highest BCUT2D eigenvalue weighted by Crippen LogP contribution is 2.34. The van der Waals surface area contributed by atoms with E-state index >= 15 is 0 Å². The molecule has 1 aromatic carbocycles. The summed E-state index contributed by atoms with van der Waals surface area (Å²) >= 11 is 1.64. The third-order valence-corrected chi connectivity index (χ3v) is 2.73. The van der Waals surface area contributed by atoms with Gasteiger partial charge < -0.3 is 0 Å². The van der Waals surface area contributed by atoms with Crippen molar-refractivity contribution in [1.29, 1.82) is 0 Å². The van der Waals surface area contributed by atoms with Gasteiger partial charge in [-0.15, -0.1) is 0 Å². The molecule has 0 fully saturated rings. The summed E-state index contributed by atoms with van der Waals surface area (Å²) in [5.41, 5.74) is 0.975. The van der Waals surface area contributed by atoms with Gasteiger partial charge in [-0.25, -0.2) is 0 Å². The summed E-state index contributed by atoms with van der Waals surface area (Å²) in [4.78, 5) is 14.0. The molecule has 0 spiro atoms. The molecular formula is C10H9NOS. The summed E-state index contributed by atoms with van der Waals surface area (Å²) in [6.45, 7) is 1.57. The third-order valence-electron chi connectivity index (χ3n) is 1.87. The molecule has 0 saturated heterocycles. The summed E-state index contributed by atoms with van der Waals surface area (Å²) in [7, 11) is 0. The molecule has 1 amide bonds. The highest BCUT2D eigenvalue weighted by molar-refractivity contribution is 8.02. The van der Waals surface area contributed by atoms with Crippen molar-refractivity contribution in [1.82, 2.24) is 0 Å². The quantitative estimate of drug-likeness (QED) is 0.628. The highest BCUT2D eigenvalue weighted by Gasteiger charge is 2.15. The van der Waals surface area contributed by atoms with Gasteiger partial charge >= 0.3 is 0 Å². The zero-order valence-corrected chi connectivity index (χ0v) is 8.04. The molecule has 1 heterocycles. The predicted octanol–water partition coefficient (Wildman–Crippen LogP) is 2.62. The largest absolute Gasteiger partial charge is 0.286 e. The number of para-hydroxylation sites is 1. The van der Waals surface area contributed by atoms with Crippen LogP contribution in [0.25, 0.3) is 0 Å². The molecule has 0 unspecified atom stereocenters. The maximum Gasteiger partial charge on any atom is 0.227 e. The lowest BCUT2D eigenvalue weighted by Crippen LogP contribution is -2.23. The number of benzene rings is 1. The minimum absolute atomic E-state index is 0.0454. The van der Waals surface area contributed by atoms with Crippen LogP contribution in [-0.4, -0.2) is 5.91 Å². The second-order valence-corrected chi connectivity index (χ2v) is 3.71. The van der Waals surface area contributed by atoms with Gasteiger partial charge in [-0.1, -0.05) is 23.9 Å². The lowest BCUT2D eigenvalue weighted by molar-refractivity contribution is -0.116. The number of hydrogen-bond donors (Lipinski definition) is 0. The van der Waals surface area contributed by atoms with Crippen molar-refractivity contribution in [2.75, 3.05) is 4.90 Å². The predicted molar refractivity (Wildman–Crippen MR) is 54.6 cm³/mol. The minimum atomic E-state index is 0.0454. The Balaban J connectivity index is 2.48. The maximum atomic E-state index is 11.2. The van der Waals surface area contributed by atoms with Crippen LogP contribution in [-0.2, 0) is 4.79 Å². The van der Waals surface area contributed by atoms with Crippen molar-refractivity contribution in [3.8, 4) is 0 Å². The molecule has 0 bridgehead atoms. The lowest BCUT2D eigenvalue weighted by Gasteiger charge is -2.22. The SMILES string of the molecule is CC(=O)N1C=CSc2ccccc21. The van der Waals surface area contributed by atoms with Gasteiger partial charge in [-0.05, 0) is 17.5 Å². The molecule has 1 aromatic rings. The van der Waals surface area contributed by atoms with E-state index in [1.165, 1.54) is 0 Å². The van der Waals surface area contributed by atoms with Crippen molar-refractivity contribution in [3.63, 3.8) is 0 Å². The van der Waals surface area contributed by atoms with Crippen LogP contribution in [0.5, 0.6) is 0 Å². The first-order valence-corrected chi connectivity index (χ1v) is 4.89. The van der Waals surface area contributed by atoms with Gasteiger partial charge in [-0.3, -0.25) is 9.69 Å². The van der Waals surface area contributed by atoms with Crippen molar-refractivity contribution in [2.24, 2.45) is 0 Å². The molecule has 0 aromatic heterocycles. The fourth-order valence-corrected chi connectivity index (χ4v) is 2.05. The van der Waals surface area contributed by atoms with E-state index in [2.05, 4.69) is 0 Å². The molecule has 3 heteroatoms. The van der Waals surface area contributed by atoms with Crippen LogP contribution >= 0.6 is 11.8 Å². The molecule has 0 N–H and O–H groups in total. The first kappa shape index (κ1) is 8.38. The number of rotatable bonds is 0. The topological polar surface area (TPSA) is 20.3 Å². The van der Waals surface area contributed by atoms with E-state index in [-0.39, 0.29) is 5.91 Å². The summed E-state index contributed by atoms with van der Waals surface area (Å²) in [5, 5.41) is 1.92. The standard InChI is InChI=1S/C10H9NOS/c1-8(12)11-6-7-13-10-5-3-2-4-9(10)11/h2-7H,1H3. The number of hydrogen-bond acceptors (Lipinski definition) is 2. The van der Waals surface area contributed by atoms with Crippen molar-refractivity contribution in [2.45, 2.75) is 11.8 Å². The van der Waals surface area contributed by atoms with E-state index in [4.69, 9.17) is 0 Å². The molecule has 0 radical (unpaired) electrons. The van der Waals surface area contributed by atoms with Gasteiger partial charge in [-0.2, -0.15) is 0 Å². The molecule has 1 aliphatic rings. The number of thioether (sulfide) groups is 1. The lowest BCUT2D eigenvalue weighted by atomic mass is 10.3. The average Bonchev–Trinajstić information content (AvgIpc) is 2.17. The zero-order valence-electron chi connectivity index (χ0n) is 7.23. The molecule has 13 heavy (non-hydrogen) atoms. The van der Waals surface area contributed by atoms with Crippen molar-refractivity contribution < 1.29 is 4.79 Å². The average molecular weight is 191 g/mol. The molecule has 66 valence electrons. The summed E-state index contributed by atoms with van der Waals surface area (Å²) in [6, 6.07) is 7.88. The second kappa shape index (κ2) is 3.26. The van der Waals surface area contributed by atoms with Gasteiger partial charge in [0, 0.05) is 18.0 Å². The number of anilines is 1. The first-order valence-electron chi connectivity index (χ1n) is 4.01. The van der Waals surface area contributed by atoms with Gasteiger partial charge in [0.1, 0.15) is 0 Å². The van der Waals surface area contributed by atoms with Crippen LogP contribution in [0.1, 0.15) is 6.92 Å². The van der Waals surface area contributed by atoms with E-state index in [0.717, 1.165) is 10.6 Å². The summed E-state index contributed by atoms with van der Waals surface area (Å²) in [5.74, 6) is 0.0454. The highest BCUT2D eigenvalue weighted by atomic mass is 32.2. The molecule has 0 aliphatic carbocycles. The monoisotopic (exact) mass is 191 g/mol. The van der Waals surface area contributed by atoms with E-state index in [0.29, 0.717) is 0 Å². The number of fused-ring (bicyclic) bond motifs is 1. The van der Waals surface area contributed by atoms with Gasteiger partial charge in [0.15, 0.2) is 0 Å². The maximum absolute atomic E-state index is 11.2. The Hall–Kier alpha value is -1.22. The summed E-state index contributed by atoms with van der Waals surface area (Å²) in [6.07, 6.45) is 1.80. The normalized spacial score (nSPS) is 14.1. The Bertz CT molecular complexity index is 373. The smallest absolute Gasteiger partial charge is 0.227 e. The Morgan fingerprint density at radius 2 is 2.15 bits per heavy atom. The molecular weight excluding hydrogens is 182 g/mol. The number of carbonyl (C=O) groups is 1. The van der Waals surface area contributed by atoms with Crippen LogP contribution < -0.4 is 4.90 Å². The Labute approximate surface area is 81.2 Å². The molecule has 0 atom stereocenters. The van der Waals surface area contributed by atoms with E-state index in [1.54, 1.807) is 29.8 Å². The Morgan fingerprint density at radius 1 is 1.38 bits per heavy atom. The number of carbonyl (C=O) groups excluding carboxylic acids is 1. The zero-order chi connectivity index (χ0) is 9.26. The fraction of sp³-hybridized carbons (Fsp3) is 0.100. The van der Waals surface area contributed by atoms with E-state index < -0.39 is 0 Å². The molecule has 0 saturated carbocycles. The van der Waals surface area contributed by atoms with Crippen LogP contribution in [0.4, 0.5) is 5.69 Å². The van der Waals surface area contributed by atoms with E-state index in [9.17, 15) is 4.79 Å². The summed E-state index contributed by atoms with van der Waals surface area (Å²) < 4.78 is 0. The van der Waals surface area contributed by atoms with Crippen LogP contribution in [0.15, 0.2) is 40.8 Å². The van der Waals surface area contributed by atoms with Gasteiger partial charge in [0.05, 0.1) is 5.69 Å². The molecule has 2 nitrogen and oxygen atoms in total. The molecule has 1 aliphatic heterocycles. The number of nitrogens with zero attached hydrogens (tertiary/aromatic N) is 1. The van der Waals surface area contributed by atoms with Gasteiger partial charge in [0.25, 0.3) is 0 Å².